The maximum absolute atomic E-state index is 10.9. The van der Waals surface area contributed by atoms with Crippen molar-refractivity contribution >= 4 is 17.2 Å². The zero-order valence-electron chi connectivity index (χ0n) is 11.4. The molecule has 0 spiro atoms. The maximum Gasteiger partial charge on any atom is 0.268 e. The summed E-state index contributed by atoms with van der Waals surface area (Å²) in [5.74, 6) is -0.667. The zero-order chi connectivity index (χ0) is 16.1. The molecule has 0 saturated carbocycles. The standard InChI is InChI=1S/C9H12N2O5S.C3H4N2/c10-8(15)3-2-17-9(11-3)7-6(14)5(13)4(1-12)16-7;1-2-5-3-4-1/h2,4-7,12-14H,1H2,(H2,10,15);1-3H,(H,4,5)/t4-,5-,6-,7-;/m1./s1. The Morgan fingerprint density at radius 1 is 1.45 bits per heavy atom. The largest absolute Gasteiger partial charge is 0.394 e. The highest BCUT2D eigenvalue weighted by atomic mass is 32.1. The second kappa shape index (κ2) is 7.42. The molecular weight excluding hydrogens is 312 g/mol. The number of aromatic amines is 1. The first-order chi connectivity index (χ1) is 10.5. The van der Waals surface area contributed by atoms with Crippen LogP contribution >= 0.6 is 11.3 Å². The molecule has 0 aliphatic carbocycles. The van der Waals surface area contributed by atoms with E-state index in [9.17, 15) is 15.0 Å². The predicted molar refractivity (Wildman–Crippen MR) is 75.9 cm³/mol. The van der Waals surface area contributed by atoms with Crippen molar-refractivity contribution < 1.29 is 24.9 Å². The van der Waals surface area contributed by atoms with Crippen LogP contribution in [0.5, 0.6) is 0 Å². The summed E-state index contributed by atoms with van der Waals surface area (Å²) in [7, 11) is 0. The summed E-state index contributed by atoms with van der Waals surface area (Å²) in [6, 6.07) is 0. The van der Waals surface area contributed by atoms with Crippen LogP contribution in [0.4, 0.5) is 0 Å². The molecule has 1 saturated heterocycles. The smallest absolute Gasteiger partial charge is 0.268 e. The second-order valence-electron chi connectivity index (χ2n) is 4.45. The number of aliphatic hydroxyl groups is 3. The Morgan fingerprint density at radius 2 is 2.23 bits per heavy atom. The average molecular weight is 328 g/mol. The minimum absolute atomic E-state index is 0.0859. The van der Waals surface area contributed by atoms with Crippen LogP contribution in [0.15, 0.2) is 24.1 Å². The first kappa shape index (κ1) is 16.5. The molecule has 2 aromatic heterocycles. The van der Waals surface area contributed by atoms with E-state index >= 15 is 0 Å². The number of nitrogens with one attached hydrogen (secondary N) is 1. The lowest BCUT2D eigenvalue weighted by molar-refractivity contribution is -0.0228. The number of ether oxygens (including phenoxy) is 1. The number of aliphatic hydroxyl groups excluding tert-OH is 3. The predicted octanol–water partition coefficient (Wildman–Crippen LogP) is -1.19. The van der Waals surface area contributed by atoms with E-state index in [-0.39, 0.29) is 5.69 Å². The van der Waals surface area contributed by atoms with Gasteiger partial charge >= 0.3 is 0 Å². The highest BCUT2D eigenvalue weighted by molar-refractivity contribution is 7.09. The van der Waals surface area contributed by atoms with Gasteiger partial charge in [-0.25, -0.2) is 9.97 Å². The molecule has 2 aromatic rings. The molecule has 3 heterocycles. The highest BCUT2D eigenvalue weighted by Gasteiger charge is 2.44. The summed E-state index contributed by atoms with van der Waals surface area (Å²) in [6.07, 6.45) is 1.03. The quantitative estimate of drug-likeness (QED) is 0.474. The number of carbonyl (C=O) groups is 1. The fourth-order valence-corrected chi connectivity index (χ4v) is 2.73. The molecule has 1 aliphatic rings. The van der Waals surface area contributed by atoms with Crippen LogP contribution in [-0.2, 0) is 4.74 Å². The third-order valence-corrected chi connectivity index (χ3v) is 3.87. The van der Waals surface area contributed by atoms with Crippen LogP contribution in [0, 0.1) is 0 Å². The molecule has 1 fully saturated rings. The summed E-state index contributed by atoms with van der Waals surface area (Å²) < 4.78 is 5.26. The first-order valence-electron chi connectivity index (χ1n) is 6.35. The summed E-state index contributed by atoms with van der Waals surface area (Å²) >= 11 is 1.10. The SMILES string of the molecule is NC(=O)c1csc([C@@H]2O[C@H](CO)[C@@H](O)[C@H]2O)n1.c1c[nH]cn1. The third kappa shape index (κ3) is 3.67. The van der Waals surface area contributed by atoms with Gasteiger partial charge in [0, 0.05) is 17.8 Å². The molecule has 0 unspecified atom stereocenters. The zero-order valence-corrected chi connectivity index (χ0v) is 12.2. The number of hydrogen-bond acceptors (Lipinski definition) is 8. The minimum Gasteiger partial charge on any atom is -0.394 e. The molecular formula is C12H16N4O5S. The normalized spacial score (nSPS) is 27.2. The summed E-state index contributed by atoms with van der Waals surface area (Å²) in [5.41, 5.74) is 5.14. The number of carbonyl (C=O) groups excluding carboxylic acids is 1. The van der Waals surface area contributed by atoms with E-state index < -0.39 is 36.9 Å². The number of thiazole rings is 1. The van der Waals surface area contributed by atoms with E-state index in [4.69, 9.17) is 15.6 Å². The van der Waals surface area contributed by atoms with E-state index in [2.05, 4.69) is 15.0 Å². The van der Waals surface area contributed by atoms with Gasteiger partial charge in [0.25, 0.3) is 5.91 Å². The fourth-order valence-electron chi connectivity index (χ4n) is 1.85. The van der Waals surface area contributed by atoms with Gasteiger partial charge in [-0.15, -0.1) is 11.3 Å². The number of H-pyrrole nitrogens is 1. The van der Waals surface area contributed by atoms with Gasteiger partial charge in [0.05, 0.1) is 12.9 Å². The molecule has 1 aliphatic heterocycles. The number of aromatic nitrogens is 3. The average Bonchev–Trinajstić information content (AvgIpc) is 3.23. The van der Waals surface area contributed by atoms with Crippen molar-refractivity contribution in [3.63, 3.8) is 0 Å². The van der Waals surface area contributed by atoms with Crippen molar-refractivity contribution in [1.29, 1.82) is 0 Å². The number of nitrogens with zero attached hydrogens (tertiary/aromatic N) is 2. The van der Waals surface area contributed by atoms with Crippen LogP contribution in [0.3, 0.4) is 0 Å². The molecule has 4 atom stereocenters. The number of amides is 1. The summed E-state index contributed by atoms with van der Waals surface area (Å²) in [6.45, 7) is -0.400. The molecule has 9 nitrogen and oxygen atoms in total. The topological polar surface area (TPSA) is 155 Å². The van der Waals surface area contributed by atoms with E-state index in [1.54, 1.807) is 18.7 Å². The number of imidazole rings is 1. The van der Waals surface area contributed by atoms with Crippen LogP contribution in [0.2, 0.25) is 0 Å². The monoisotopic (exact) mass is 328 g/mol. The lowest BCUT2D eigenvalue weighted by atomic mass is 10.1. The molecule has 3 rings (SSSR count). The van der Waals surface area contributed by atoms with Crippen LogP contribution < -0.4 is 5.73 Å². The lowest BCUT2D eigenvalue weighted by Gasteiger charge is -2.11. The van der Waals surface area contributed by atoms with Crippen LogP contribution in [0.1, 0.15) is 21.6 Å². The molecule has 0 aromatic carbocycles. The molecule has 1 amide bonds. The molecule has 0 radical (unpaired) electrons. The number of rotatable bonds is 3. The Kier molecular flexibility index (Phi) is 5.57. The van der Waals surface area contributed by atoms with Crippen LogP contribution in [0.25, 0.3) is 0 Å². The van der Waals surface area contributed by atoms with Gasteiger partial charge in [0.1, 0.15) is 35.1 Å². The Balaban J connectivity index is 0.000000299. The Labute approximate surface area is 129 Å². The maximum atomic E-state index is 10.9. The summed E-state index contributed by atoms with van der Waals surface area (Å²) in [4.78, 5) is 21.2. The van der Waals surface area contributed by atoms with Gasteiger partial charge in [-0.3, -0.25) is 4.79 Å². The van der Waals surface area contributed by atoms with Crippen molar-refractivity contribution in [1.82, 2.24) is 15.0 Å². The molecule has 120 valence electrons. The van der Waals surface area contributed by atoms with Crippen molar-refractivity contribution in [2.45, 2.75) is 24.4 Å². The Bertz CT molecular complexity index is 573. The van der Waals surface area contributed by atoms with E-state index in [0.29, 0.717) is 5.01 Å². The van der Waals surface area contributed by atoms with E-state index in [0.717, 1.165) is 11.3 Å². The Hall–Kier alpha value is -1.85. The number of primary amides is 1. The van der Waals surface area contributed by atoms with Gasteiger partial charge in [-0.2, -0.15) is 0 Å². The van der Waals surface area contributed by atoms with Crippen molar-refractivity contribution in [2.75, 3.05) is 6.61 Å². The van der Waals surface area contributed by atoms with Gasteiger partial charge in [0.2, 0.25) is 0 Å². The Morgan fingerprint density at radius 3 is 2.64 bits per heavy atom. The van der Waals surface area contributed by atoms with Crippen LogP contribution in [-0.4, -0.2) is 61.1 Å². The lowest BCUT2D eigenvalue weighted by Crippen LogP contribution is -2.32. The van der Waals surface area contributed by atoms with E-state index in [1.165, 1.54) is 5.38 Å². The minimum atomic E-state index is -1.18. The van der Waals surface area contributed by atoms with Crippen molar-refractivity contribution in [2.24, 2.45) is 5.73 Å². The van der Waals surface area contributed by atoms with Gasteiger partial charge in [-0.05, 0) is 0 Å². The summed E-state index contributed by atoms with van der Waals surface area (Å²) in [5, 5.41) is 30.0. The number of nitrogens with two attached hydrogens (primary N) is 1. The number of hydrogen-bond donors (Lipinski definition) is 5. The van der Waals surface area contributed by atoms with Crippen molar-refractivity contribution in [3.05, 3.63) is 34.8 Å². The molecule has 6 N–H and O–H groups in total. The van der Waals surface area contributed by atoms with Crippen molar-refractivity contribution in [3.8, 4) is 0 Å². The molecule has 10 heteroatoms. The third-order valence-electron chi connectivity index (χ3n) is 2.97. The second-order valence-corrected chi connectivity index (χ2v) is 5.34. The van der Waals surface area contributed by atoms with E-state index in [1.807, 2.05) is 0 Å². The van der Waals surface area contributed by atoms with Gasteiger partial charge < -0.3 is 30.8 Å². The highest BCUT2D eigenvalue weighted by Crippen LogP contribution is 2.34. The van der Waals surface area contributed by atoms with Gasteiger partial charge in [-0.1, -0.05) is 0 Å². The first-order valence-corrected chi connectivity index (χ1v) is 7.23. The molecule has 0 bridgehead atoms. The fraction of sp³-hybridized carbons (Fsp3) is 0.417. The van der Waals surface area contributed by atoms with Gasteiger partial charge in [0.15, 0.2) is 0 Å². The molecule has 22 heavy (non-hydrogen) atoms.